The number of hydrogen-bond acceptors (Lipinski definition) is 4. The van der Waals surface area contributed by atoms with Crippen LogP contribution in [0.4, 0.5) is 5.69 Å². The Morgan fingerprint density at radius 1 is 1.00 bits per heavy atom. The van der Waals surface area contributed by atoms with Gasteiger partial charge in [0, 0.05) is 12.2 Å². The van der Waals surface area contributed by atoms with Crippen LogP contribution in [-0.2, 0) is 6.54 Å². The van der Waals surface area contributed by atoms with Gasteiger partial charge in [0.05, 0.1) is 0 Å². The normalized spacial score (nSPS) is 10.0. The summed E-state index contributed by atoms with van der Waals surface area (Å²) in [5.41, 5.74) is 0.789. The number of nitrogens with one attached hydrogen (secondary N) is 1. The van der Waals surface area contributed by atoms with E-state index in [-0.39, 0.29) is 11.4 Å². The van der Waals surface area contributed by atoms with Crippen molar-refractivity contribution in [2.75, 3.05) is 5.32 Å². The van der Waals surface area contributed by atoms with E-state index < -0.39 is 11.9 Å². The number of rotatable bonds is 5. The fourth-order valence-corrected chi connectivity index (χ4v) is 1.65. The second-order valence-electron chi connectivity index (χ2n) is 4.08. The van der Waals surface area contributed by atoms with Gasteiger partial charge < -0.3 is 15.5 Å². The summed E-state index contributed by atoms with van der Waals surface area (Å²) in [6, 6.07) is 12.1. The highest BCUT2D eigenvalue weighted by Crippen LogP contribution is 2.13. The molecule has 0 spiro atoms. The van der Waals surface area contributed by atoms with E-state index in [2.05, 4.69) is 10.3 Å². The topological polar surface area (TPSA) is 99.5 Å². The lowest BCUT2D eigenvalue weighted by Gasteiger charge is -2.08. The minimum Gasteiger partial charge on any atom is -0.477 e. The number of benzene rings is 1. The van der Waals surface area contributed by atoms with E-state index in [0.717, 1.165) is 5.56 Å². The molecule has 0 unspecified atom stereocenters. The van der Waals surface area contributed by atoms with Crippen LogP contribution in [0.3, 0.4) is 0 Å². The zero-order chi connectivity index (χ0) is 14.5. The van der Waals surface area contributed by atoms with Gasteiger partial charge >= 0.3 is 11.9 Å². The molecular weight excluding hydrogens is 260 g/mol. The Kier molecular flexibility index (Phi) is 3.95. The fourth-order valence-electron chi connectivity index (χ4n) is 1.65. The first-order valence-electron chi connectivity index (χ1n) is 5.83. The van der Waals surface area contributed by atoms with E-state index in [4.69, 9.17) is 10.2 Å². The van der Waals surface area contributed by atoms with E-state index in [1.165, 1.54) is 12.1 Å². The van der Waals surface area contributed by atoms with Crippen LogP contribution in [-0.4, -0.2) is 27.1 Å². The minimum atomic E-state index is -1.27. The van der Waals surface area contributed by atoms with E-state index in [1.807, 2.05) is 30.3 Å². The highest BCUT2D eigenvalue weighted by atomic mass is 16.4. The summed E-state index contributed by atoms with van der Waals surface area (Å²) in [6.45, 7) is 0.461. The summed E-state index contributed by atoms with van der Waals surface area (Å²) in [4.78, 5) is 25.4. The van der Waals surface area contributed by atoms with E-state index in [0.29, 0.717) is 12.2 Å². The van der Waals surface area contributed by atoms with Gasteiger partial charge in [-0.1, -0.05) is 30.3 Å². The molecule has 0 saturated heterocycles. The van der Waals surface area contributed by atoms with E-state index in [1.54, 1.807) is 0 Å². The van der Waals surface area contributed by atoms with E-state index in [9.17, 15) is 9.59 Å². The molecule has 3 N–H and O–H groups in total. The van der Waals surface area contributed by atoms with Crippen LogP contribution < -0.4 is 5.32 Å². The van der Waals surface area contributed by atoms with Crippen LogP contribution in [0.2, 0.25) is 0 Å². The molecule has 1 aromatic heterocycles. The number of carbonyl (C=O) groups is 2. The van der Waals surface area contributed by atoms with Gasteiger partial charge in [-0.2, -0.15) is 0 Å². The van der Waals surface area contributed by atoms with Crippen molar-refractivity contribution in [1.82, 2.24) is 4.98 Å². The lowest BCUT2D eigenvalue weighted by atomic mass is 10.2. The number of carboxylic acid groups (broad SMARTS) is 2. The van der Waals surface area contributed by atoms with Gasteiger partial charge in [-0.25, -0.2) is 14.6 Å². The summed E-state index contributed by atoms with van der Waals surface area (Å²) in [6.07, 6.45) is 0. The Labute approximate surface area is 114 Å². The molecule has 20 heavy (non-hydrogen) atoms. The molecule has 0 aliphatic rings. The molecule has 2 aromatic rings. The Balaban J connectivity index is 2.22. The number of aromatic nitrogens is 1. The third-order valence-electron chi connectivity index (χ3n) is 2.60. The average Bonchev–Trinajstić information content (AvgIpc) is 2.45. The van der Waals surface area contributed by atoms with Crippen LogP contribution in [0.5, 0.6) is 0 Å². The fraction of sp³-hybridized carbons (Fsp3) is 0.0714. The zero-order valence-electron chi connectivity index (χ0n) is 10.4. The lowest BCUT2D eigenvalue weighted by Crippen LogP contribution is -2.09. The molecule has 1 aromatic carbocycles. The van der Waals surface area contributed by atoms with Crippen LogP contribution in [0.15, 0.2) is 42.5 Å². The maximum Gasteiger partial charge on any atom is 0.354 e. The molecule has 6 heteroatoms. The van der Waals surface area contributed by atoms with Crippen molar-refractivity contribution >= 4 is 17.6 Å². The predicted molar refractivity (Wildman–Crippen MR) is 71.9 cm³/mol. The highest BCUT2D eigenvalue weighted by molar-refractivity contribution is 5.91. The van der Waals surface area contributed by atoms with Gasteiger partial charge in [0.15, 0.2) is 11.4 Å². The number of aromatic carboxylic acids is 2. The van der Waals surface area contributed by atoms with Crippen molar-refractivity contribution in [3.05, 3.63) is 59.4 Å². The van der Waals surface area contributed by atoms with E-state index >= 15 is 0 Å². The quantitative estimate of drug-likeness (QED) is 0.770. The van der Waals surface area contributed by atoms with Gasteiger partial charge in [0.2, 0.25) is 0 Å². The molecule has 0 bridgehead atoms. The van der Waals surface area contributed by atoms with Crippen molar-refractivity contribution in [3.8, 4) is 0 Å². The molecule has 0 aliphatic carbocycles. The van der Waals surface area contributed by atoms with Gasteiger partial charge in [-0.05, 0) is 17.7 Å². The number of hydrogen-bond donors (Lipinski definition) is 3. The molecule has 6 nitrogen and oxygen atoms in total. The molecule has 0 atom stereocenters. The standard InChI is InChI=1S/C14H12N2O4/c17-13(18)11-6-10(7-12(16-11)14(19)20)15-8-9-4-2-1-3-5-9/h1-7H,8H2,(H,15,16)(H,17,18)(H,19,20). The maximum absolute atomic E-state index is 10.9. The maximum atomic E-state index is 10.9. The van der Waals surface area contributed by atoms with Gasteiger partial charge in [-0.3, -0.25) is 0 Å². The summed E-state index contributed by atoms with van der Waals surface area (Å²) < 4.78 is 0. The van der Waals surface area contributed by atoms with Crippen LogP contribution >= 0.6 is 0 Å². The Hall–Kier alpha value is -2.89. The second kappa shape index (κ2) is 5.83. The first kappa shape index (κ1) is 13.5. The molecule has 2 rings (SSSR count). The third kappa shape index (κ3) is 3.32. The molecule has 0 saturated carbocycles. The molecular formula is C14H12N2O4. The van der Waals surface area contributed by atoms with Crippen molar-refractivity contribution in [2.45, 2.75) is 6.54 Å². The Morgan fingerprint density at radius 3 is 2.05 bits per heavy atom. The van der Waals surface area contributed by atoms with Crippen molar-refractivity contribution < 1.29 is 19.8 Å². The first-order chi connectivity index (χ1) is 9.56. The van der Waals surface area contributed by atoms with Crippen LogP contribution in [0, 0.1) is 0 Å². The average molecular weight is 272 g/mol. The highest BCUT2D eigenvalue weighted by Gasteiger charge is 2.13. The predicted octanol–water partition coefficient (Wildman–Crippen LogP) is 2.09. The second-order valence-corrected chi connectivity index (χ2v) is 4.08. The largest absolute Gasteiger partial charge is 0.477 e. The summed E-state index contributed by atoms with van der Waals surface area (Å²) >= 11 is 0. The molecule has 1 heterocycles. The smallest absolute Gasteiger partial charge is 0.354 e. The van der Waals surface area contributed by atoms with Gasteiger partial charge in [0.1, 0.15) is 0 Å². The molecule has 0 amide bonds. The molecule has 0 aliphatic heterocycles. The number of nitrogens with zero attached hydrogens (tertiary/aromatic N) is 1. The van der Waals surface area contributed by atoms with Crippen molar-refractivity contribution in [1.29, 1.82) is 0 Å². The van der Waals surface area contributed by atoms with Crippen molar-refractivity contribution in [3.63, 3.8) is 0 Å². The van der Waals surface area contributed by atoms with Crippen LogP contribution in [0.25, 0.3) is 0 Å². The van der Waals surface area contributed by atoms with Crippen molar-refractivity contribution in [2.24, 2.45) is 0 Å². The minimum absolute atomic E-state index is 0.305. The monoisotopic (exact) mass is 272 g/mol. The number of anilines is 1. The SMILES string of the molecule is O=C(O)c1cc(NCc2ccccc2)cc(C(=O)O)n1. The lowest BCUT2D eigenvalue weighted by molar-refractivity contribution is 0.0685. The molecule has 0 fully saturated rings. The molecule has 0 radical (unpaired) electrons. The summed E-state index contributed by atoms with van der Waals surface area (Å²) in [5, 5.41) is 20.8. The first-order valence-corrected chi connectivity index (χ1v) is 5.83. The molecule has 102 valence electrons. The third-order valence-corrected chi connectivity index (χ3v) is 2.60. The Bertz CT molecular complexity index is 609. The Morgan fingerprint density at radius 2 is 1.55 bits per heavy atom. The zero-order valence-corrected chi connectivity index (χ0v) is 10.4. The summed E-state index contributed by atoms with van der Waals surface area (Å²) in [7, 11) is 0. The number of carboxylic acids is 2. The van der Waals surface area contributed by atoms with Gasteiger partial charge in [-0.15, -0.1) is 0 Å². The van der Waals surface area contributed by atoms with Crippen LogP contribution in [0.1, 0.15) is 26.5 Å². The summed E-state index contributed by atoms with van der Waals surface area (Å²) in [5.74, 6) is -2.54. The number of pyridine rings is 1. The van der Waals surface area contributed by atoms with Gasteiger partial charge in [0.25, 0.3) is 0 Å².